The SMILES string of the molecule is CCc1ccc2c3c(ccnc13)-c1ccccc1N2. The molecule has 1 N–H and O–H groups in total. The Balaban J connectivity index is 2.17. The number of aromatic nitrogens is 1. The summed E-state index contributed by atoms with van der Waals surface area (Å²) < 4.78 is 0. The van der Waals surface area contributed by atoms with Crippen LogP contribution in [0, 0.1) is 0 Å². The molecule has 1 aliphatic heterocycles. The lowest BCUT2D eigenvalue weighted by molar-refractivity contribution is 1.14. The Labute approximate surface area is 112 Å². The summed E-state index contributed by atoms with van der Waals surface area (Å²) in [6.07, 6.45) is 2.93. The zero-order chi connectivity index (χ0) is 12.8. The second-order valence-electron chi connectivity index (χ2n) is 4.88. The van der Waals surface area contributed by atoms with E-state index >= 15 is 0 Å². The molecule has 2 heterocycles. The number of nitrogens with zero attached hydrogens (tertiary/aromatic N) is 1. The molecule has 0 radical (unpaired) electrons. The molecule has 0 atom stereocenters. The number of nitrogens with one attached hydrogen (secondary N) is 1. The van der Waals surface area contributed by atoms with Gasteiger partial charge in [-0.05, 0) is 35.7 Å². The second kappa shape index (κ2) is 3.82. The van der Waals surface area contributed by atoms with E-state index in [9.17, 15) is 0 Å². The summed E-state index contributed by atoms with van der Waals surface area (Å²) in [6, 6.07) is 14.9. The van der Waals surface area contributed by atoms with Crippen molar-refractivity contribution in [1.29, 1.82) is 0 Å². The highest BCUT2D eigenvalue weighted by Crippen LogP contribution is 2.43. The molecule has 0 bridgehead atoms. The van der Waals surface area contributed by atoms with Gasteiger partial charge in [0.25, 0.3) is 0 Å². The highest BCUT2D eigenvalue weighted by molar-refractivity contribution is 6.10. The predicted octanol–water partition coefficient (Wildman–Crippen LogP) is 4.52. The minimum Gasteiger partial charge on any atom is -0.354 e. The Kier molecular flexibility index (Phi) is 2.12. The van der Waals surface area contributed by atoms with Crippen LogP contribution in [0.25, 0.3) is 22.0 Å². The van der Waals surface area contributed by atoms with E-state index in [-0.39, 0.29) is 0 Å². The van der Waals surface area contributed by atoms with Gasteiger partial charge in [-0.1, -0.05) is 31.2 Å². The van der Waals surface area contributed by atoms with Crippen molar-refractivity contribution in [2.75, 3.05) is 5.32 Å². The number of hydrogen-bond acceptors (Lipinski definition) is 2. The van der Waals surface area contributed by atoms with Crippen LogP contribution in [0.3, 0.4) is 0 Å². The van der Waals surface area contributed by atoms with Crippen LogP contribution in [0.15, 0.2) is 48.7 Å². The highest BCUT2D eigenvalue weighted by atomic mass is 14.9. The molecule has 0 unspecified atom stereocenters. The largest absolute Gasteiger partial charge is 0.354 e. The molecule has 19 heavy (non-hydrogen) atoms. The lowest BCUT2D eigenvalue weighted by Gasteiger charge is -2.22. The molecule has 1 aromatic heterocycles. The third kappa shape index (κ3) is 1.40. The molecule has 3 aromatic rings. The Morgan fingerprint density at radius 1 is 0.947 bits per heavy atom. The van der Waals surface area contributed by atoms with Crippen LogP contribution < -0.4 is 5.32 Å². The van der Waals surface area contributed by atoms with Gasteiger partial charge in [0.1, 0.15) is 0 Å². The fourth-order valence-corrected chi connectivity index (χ4v) is 2.91. The van der Waals surface area contributed by atoms with Gasteiger partial charge in [-0.25, -0.2) is 0 Å². The number of aryl methyl sites for hydroxylation is 1. The van der Waals surface area contributed by atoms with Gasteiger partial charge in [-0.3, -0.25) is 4.98 Å². The van der Waals surface area contributed by atoms with E-state index in [0.717, 1.165) is 17.6 Å². The summed E-state index contributed by atoms with van der Waals surface area (Å²) in [5, 5.41) is 4.77. The highest BCUT2D eigenvalue weighted by Gasteiger charge is 2.18. The first kappa shape index (κ1) is 10.6. The van der Waals surface area contributed by atoms with E-state index in [1.807, 2.05) is 6.20 Å². The van der Waals surface area contributed by atoms with Crippen LogP contribution in [-0.4, -0.2) is 4.98 Å². The third-order valence-electron chi connectivity index (χ3n) is 3.84. The van der Waals surface area contributed by atoms with Crippen LogP contribution >= 0.6 is 0 Å². The summed E-state index contributed by atoms with van der Waals surface area (Å²) >= 11 is 0. The first-order valence-electron chi connectivity index (χ1n) is 6.65. The number of anilines is 2. The number of benzene rings is 2. The van der Waals surface area contributed by atoms with Crippen molar-refractivity contribution in [2.45, 2.75) is 13.3 Å². The normalized spacial score (nSPS) is 12.1. The number of fused-ring (bicyclic) bond motifs is 2. The molecule has 4 rings (SSSR count). The average Bonchev–Trinajstić information content (AvgIpc) is 2.48. The van der Waals surface area contributed by atoms with Crippen LogP contribution in [0.4, 0.5) is 11.4 Å². The number of hydrogen-bond donors (Lipinski definition) is 1. The van der Waals surface area contributed by atoms with Gasteiger partial charge in [0.05, 0.1) is 5.52 Å². The van der Waals surface area contributed by atoms with E-state index in [2.05, 4.69) is 59.7 Å². The van der Waals surface area contributed by atoms with Gasteiger partial charge < -0.3 is 5.32 Å². The molecule has 2 nitrogen and oxygen atoms in total. The maximum absolute atomic E-state index is 4.59. The standard InChI is InChI=1S/C17H14N2/c1-2-11-7-8-15-16-13(9-10-18-17(11)16)12-5-3-4-6-14(12)19-15/h3-10,19H,2H2,1H3. The average molecular weight is 246 g/mol. The Hall–Kier alpha value is -2.35. The fourth-order valence-electron chi connectivity index (χ4n) is 2.91. The molecule has 0 spiro atoms. The van der Waals surface area contributed by atoms with Crippen molar-refractivity contribution in [1.82, 2.24) is 4.98 Å². The third-order valence-corrected chi connectivity index (χ3v) is 3.84. The molecule has 0 aliphatic carbocycles. The van der Waals surface area contributed by atoms with Crippen LogP contribution in [0.2, 0.25) is 0 Å². The minimum atomic E-state index is 1.01. The Morgan fingerprint density at radius 2 is 1.84 bits per heavy atom. The molecule has 92 valence electrons. The Bertz CT molecular complexity index is 790. The lowest BCUT2D eigenvalue weighted by atomic mass is 9.93. The van der Waals surface area contributed by atoms with Gasteiger partial charge in [-0.15, -0.1) is 0 Å². The van der Waals surface area contributed by atoms with Crippen molar-refractivity contribution in [3.8, 4) is 11.1 Å². The molecule has 2 heteroatoms. The molecular formula is C17H14N2. The topological polar surface area (TPSA) is 24.9 Å². The van der Waals surface area contributed by atoms with E-state index in [0.29, 0.717) is 0 Å². The quantitative estimate of drug-likeness (QED) is 0.534. The van der Waals surface area contributed by atoms with Gasteiger partial charge >= 0.3 is 0 Å². The smallest absolute Gasteiger partial charge is 0.0760 e. The summed E-state index contributed by atoms with van der Waals surface area (Å²) in [6.45, 7) is 2.18. The van der Waals surface area contributed by atoms with Crippen molar-refractivity contribution in [2.24, 2.45) is 0 Å². The first-order chi connectivity index (χ1) is 9.38. The van der Waals surface area contributed by atoms with Crippen molar-refractivity contribution >= 4 is 22.3 Å². The summed E-state index contributed by atoms with van der Waals surface area (Å²) in [7, 11) is 0. The van der Waals surface area contributed by atoms with Gasteiger partial charge in [0.2, 0.25) is 0 Å². The monoisotopic (exact) mass is 246 g/mol. The zero-order valence-corrected chi connectivity index (χ0v) is 10.8. The minimum absolute atomic E-state index is 1.01. The van der Waals surface area contributed by atoms with Crippen LogP contribution in [0.5, 0.6) is 0 Å². The maximum atomic E-state index is 4.59. The van der Waals surface area contributed by atoms with Gasteiger partial charge in [-0.2, -0.15) is 0 Å². The van der Waals surface area contributed by atoms with Crippen molar-refractivity contribution in [3.63, 3.8) is 0 Å². The number of rotatable bonds is 1. The maximum Gasteiger partial charge on any atom is 0.0760 e. The number of pyridine rings is 1. The fraction of sp³-hybridized carbons (Fsp3) is 0.118. The second-order valence-corrected chi connectivity index (χ2v) is 4.88. The predicted molar refractivity (Wildman–Crippen MR) is 79.8 cm³/mol. The molecular weight excluding hydrogens is 232 g/mol. The summed E-state index contributed by atoms with van der Waals surface area (Å²) in [5.74, 6) is 0. The first-order valence-corrected chi connectivity index (χ1v) is 6.65. The van der Waals surface area contributed by atoms with E-state index in [4.69, 9.17) is 0 Å². The summed E-state index contributed by atoms with van der Waals surface area (Å²) in [5.41, 5.74) is 7.31. The van der Waals surface area contributed by atoms with E-state index in [1.165, 1.54) is 27.8 Å². The van der Waals surface area contributed by atoms with Gasteiger partial charge in [0.15, 0.2) is 0 Å². The molecule has 2 aromatic carbocycles. The molecule has 0 saturated carbocycles. The van der Waals surface area contributed by atoms with Crippen LogP contribution in [-0.2, 0) is 6.42 Å². The molecule has 1 aliphatic rings. The van der Waals surface area contributed by atoms with E-state index in [1.54, 1.807) is 0 Å². The number of para-hydroxylation sites is 1. The Morgan fingerprint density at radius 3 is 2.74 bits per heavy atom. The van der Waals surface area contributed by atoms with Crippen molar-refractivity contribution < 1.29 is 0 Å². The summed E-state index contributed by atoms with van der Waals surface area (Å²) in [4.78, 5) is 4.59. The lowest BCUT2D eigenvalue weighted by Crippen LogP contribution is -2.02. The van der Waals surface area contributed by atoms with Crippen molar-refractivity contribution in [3.05, 3.63) is 54.2 Å². The molecule has 0 fully saturated rings. The van der Waals surface area contributed by atoms with E-state index < -0.39 is 0 Å². The zero-order valence-electron chi connectivity index (χ0n) is 10.8. The van der Waals surface area contributed by atoms with Crippen LogP contribution in [0.1, 0.15) is 12.5 Å². The van der Waals surface area contributed by atoms with Gasteiger partial charge in [0, 0.05) is 28.5 Å². The molecule has 0 amide bonds. The molecule has 0 saturated heterocycles.